The molecule has 0 fully saturated rings. The number of rotatable bonds is 6. The molecule has 0 atom stereocenters. The molecule has 0 bridgehead atoms. The quantitative estimate of drug-likeness (QED) is 0.489. The monoisotopic (exact) mass is 421 g/mol. The minimum atomic E-state index is -0.253. The minimum Gasteiger partial charge on any atom is -0.493 e. The Kier molecular flexibility index (Phi) is 5.49. The predicted molar refractivity (Wildman–Crippen MR) is 117 cm³/mol. The number of thiazole rings is 1. The van der Waals surface area contributed by atoms with Gasteiger partial charge >= 0.3 is 0 Å². The van der Waals surface area contributed by atoms with Gasteiger partial charge in [0.15, 0.2) is 16.6 Å². The Hall–Kier alpha value is -3.65. The molecule has 2 aromatic carbocycles. The molecule has 4 aromatic rings. The van der Waals surface area contributed by atoms with Crippen LogP contribution in [0.1, 0.15) is 10.4 Å². The topological polar surface area (TPSA) is 82.6 Å². The maximum Gasteiger partial charge on any atom is 0.258 e. The van der Waals surface area contributed by atoms with Gasteiger partial charge in [0.25, 0.3) is 5.91 Å². The van der Waals surface area contributed by atoms with Gasteiger partial charge in [-0.05, 0) is 24.3 Å². The zero-order valence-electron chi connectivity index (χ0n) is 16.6. The average molecular weight is 421 g/mol. The van der Waals surface area contributed by atoms with Gasteiger partial charge in [0, 0.05) is 22.5 Å². The van der Waals surface area contributed by atoms with Gasteiger partial charge in [0.1, 0.15) is 0 Å². The van der Waals surface area contributed by atoms with E-state index in [9.17, 15) is 4.79 Å². The van der Waals surface area contributed by atoms with Crippen LogP contribution >= 0.6 is 11.3 Å². The third-order valence-electron chi connectivity index (χ3n) is 4.57. The first kappa shape index (κ1) is 19.7. The predicted octanol–water partition coefficient (Wildman–Crippen LogP) is 4.64. The Morgan fingerprint density at radius 2 is 1.73 bits per heavy atom. The number of nitrogens with one attached hydrogen (secondary N) is 1. The highest BCUT2D eigenvalue weighted by Gasteiger charge is 2.18. The third-order valence-corrected chi connectivity index (χ3v) is 5.26. The van der Waals surface area contributed by atoms with Crippen molar-refractivity contribution in [3.8, 4) is 28.5 Å². The molecule has 7 nitrogen and oxygen atoms in total. The molecule has 0 saturated heterocycles. The second-order valence-electron chi connectivity index (χ2n) is 6.28. The molecule has 4 rings (SSSR count). The number of para-hydroxylation sites is 1. The number of methoxy groups -OCH3 is 3. The van der Waals surface area contributed by atoms with Crippen LogP contribution in [0.5, 0.6) is 17.2 Å². The molecule has 8 heteroatoms. The molecular formula is C22H19N3O4S. The molecule has 152 valence electrons. The zero-order chi connectivity index (χ0) is 21.1. The maximum atomic E-state index is 13.0. The summed E-state index contributed by atoms with van der Waals surface area (Å²) in [5.74, 6) is 1.26. The highest BCUT2D eigenvalue weighted by atomic mass is 32.1. The van der Waals surface area contributed by atoms with Crippen molar-refractivity contribution in [3.63, 3.8) is 0 Å². The standard InChI is InChI=1S/C22H19N3O4S/c1-27-18-10-13(11-19(28-2)20(18)29-3)17-12-15(14-6-4-5-7-16(14)24-17)21(26)25-22-23-8-9-30-22/h4-12H,1-3H3,(H,23,25,26). The average Bonchev–Trinajstić information content (AvgIpc) is 3.30. The van der Waals surface area contributed by atoms with Gasteiger partial charge < -0.3 is 14.2 Å². The van der Waals surface area contributed by atoms with E-state index in [1.807, 2.05) is 29.6 Å². The van der Waals surface area contributed by atoms with Crippen LogP contribution in [0.25, 0.3) is 22.2 Å². The molecule has 0 saturated carbocycles. The Morgan fingerprint density at radius 3 is 2.37 bits per heavy atom. The van der Waals surface area contributed by atoms with E-state index in [-0.39, 0.29) is 5.91 Å². The lowest BCUT2D eigenvalue weighted by atomic mass is 10.0. The number of amides is 1. The summed E-state index contributed by atoms with van der Waals surface area (Å²) in [5.41, 5.74) is 2.54. The highest BCUT2D eigenvalue weighted by Crippen LogP contribution is 2.41. The molecule has 0 spiro atoms. The lowest BCUT2D eigenvalue weighted by Gasteiger charge is -2.15. The Bertz CT molecular complexity index is 1180. The van der Waals surface area contributed by atoms with E-state index in [0.717, 1.165) is 10.9 Å². The molecule has 0 radical (unpaired) electrons. The first-order valence-electron chi connectivity index (χ1n) is 9.05. The second kappa shape index (κ2) is 8.38. The van der Waals surface area contributed by atoms with Crippen molar-refractivity contribution in [1.82, 2.24) is 9.97 Å². The number of ether oxygens (including phenoxy) is 3. The van der Waals surface area contributed by atoms with E-state index in [2.05, 4.69) is 10.3 Å². The number of nitrogens with zero attached hydrogens (tertiary/aromatic N) is 2. The van der Waals surface area contributed by atoms with Gasteiger partial charge in [0.05, 0.1) is 38.1 Å². The normalized spacial score (nSPS) is 10.6. The van der Waals surface area contributed by atoms with Crippen molar-refractivity contribution in [2.45, 2.75) is 0 Å². The summed E-state index contributed by atoms with van der Waals surface area (Å²) in [7, 11) is 4.67. The van der Waals surface area contributed by atoms with Crippen molar-refractivity contribution >= 4 is 33.3 Å². The Balaban J connectivity index is 1.87. The number of hydrogen-bond acceptors (Lipinski definition) is 7. The van der Waals surface area contributed by atoms with Crippen molar-refractivity contribution in [3.05, 3.63) is 59.6 Å². The molecule has 1 N–H and O–H groups in total. The minimum absolute atomic E-state index is 0.253. The highest BCUT2D eigenvalue weighted by molar-refractivity contribution is 7.13. The number of fused-ring (bicyclic) bond motifs is 1. The number of benzene rings is 2. The van der Waals surface area contributed by atoms with E-state index in [0.29, 0.717) is 39.2 Å². The molecule has 0 aliphatic heterocycles. The van der Waals surface area contributed by atoms with E-state index >= 15 is 0 Å². The lowest BCUT2D eigenvalue weighted by Crippen LogP contribution is -2.13. The SMILES string of the molecule is COc1cc(-c2cc(C(=O)Nc3nccs3)c3ccccc3n2)cc(OC)c1OC. The molecule has 2 aromatic heterocycles. The number of pyridine rings is 1. The third kappa shape index (κ3) is 3.65. The summed E-state index contributed by atoms with van der Waals surface area (Å²) >= 11 is 1.36. The first-order valence-corrected chi connectivity index (χ1v) is 9.93. The number of carbonyl (C=O) groups excluding carboxylic acids is 1. The number of carbonyl (C=O) groups is 1. The lowest BCUT2D eigenvalue weighted by molar-refractivity contribution is 0.102. The fourth-order valence-corrected chi connectivity index (χ4v) is 3.71. The summed E-state index contributed by atoms with van der Waals surface area (Å²) < 4.78 is 16.3. The van der Waals surface area contributed by atoms with E-state index in [1.54, 1.807) is 45.7 Å². The van der Waals surface area contributed by atoms with Gasteiger partial charge in [-0.3, -0.25) is 10.1 Å². The van der Waals surface area contributed by atoms with Gasteiger partial charge in [-0.2, -0.15) is 0 Å². The summed E-state index contributed by atoms with van der Waals surface area (Å²) in [6.07, 6.45) is 1.65. The van der Waals surface area contributed by atoms with Gasteiger partial charge in [0.2, 0.25) is 5.75 Å². The smallest absolute Gasteiger partial charge is 0.258 e. The van der Waals surface area contributed by atoms with Crippen molar-refractivity contribution in [1.29, 1.82) is 0 Å². The van der Waals surface area contributed by atoms with Crippen LogP contribution in [-0.2, 0) is 0 Å². The molecule has 30 heavy (non-hydrogen) atoms. The molecule has 0 aliphatic carbocycles. The molecular weight excluding hydrogens is 402 g/mol. The van der Waals surface area contributed by atoms with Crippen LogP contribution in [0.4, 0.5) is 5.13 Å². The van der Waals surface area contributed by atoms with Crippen LogP contribution in [0.2, 0.25) is 0 Å². The molecule has 0 aliphatic rings. The summed E-state index contributed by atoms with van der Waals surface area (Å²) in [6, 6.07) is 12.9. The van der Waals surface area contributed by atoms with Crippen molar-refractivity contribution in [2.24, 2.45) is 0 Å². The van der Waals surface area contributed by atoms with Crippen LogP contribution < -0.4 is 19.5 Å². The summed E-state index contributed by atoms with van der Waals surface area (Å²) in [5, 5.41) is 5.94. The van der Waals surface area contributed by atoms with Crippen LogP contribution in [0, 0.1) is 0 Å². The van der Waals surface area contributed by atoms with E-state index in [1.165, 1.54) is 11.3 Å². The van der Waals surface area contributed by atoms with Crippen LogP contribution in [0.15, 0.2) is 54.0 Å². The molecule has 1 amide bonds. The fraction of sp³-hybridized carbons (Fsp3) is 0.136. The number of hydrogen-bond donors (Lipinski definition) is 1. The zero-order valence-corrected chi connectivity index (χ0v) is 17.4. The number of anilines is 1. The van der Waals surface area contributed by atoms with E-state index < -0.39 is 0 Å². The van der Waals surface area contributed by atoms with Gasteiger partial charge in [-0.15, -0.1) is 11.3 Å². The maximum absolute atomic E-state index is 13.0. The van der Waals surface area contributed by atoms with E-state index in [4.69, 9.17) is 19.2 Å². The second-order valence-corrected chi connectivity index (χ2v) is 7.17. The summed E-state index contributed by atoms with van der Waals surface area (Å²) in [4.78, 5) is 21.9. The summed E-state index contributed by atoms with van der Waals surface area (Å²) in [6.45, 7) is 0. The molecule has 2 heterocycles. The van der Waals surface area contributed by atoms with Crippen molar-refractivity contribution < 1.29 is 19.0 Å². The fourth-order valence-electron chi connectivity index (χ4n) is 3.19. The first-order chi connectivity index (χ1) is 14.6. The number of aromatic nitrogens is 2. The Morgan fingerprint density at radius 1 is 1.00 bits per heavy atom. The van der Waals surface area contributed by atoms with Gasteiger partial charge in [-0.1, -0.05) is 18.2 Å². The largest absolute Gasteiger partial charge is 0.493 e. The van der Waals surface area contributed by atoms with Crippen molar-refractivity contribution in [2.75, 3.05) is 26.6 Å². The Labute approximate surface area is 177 Å². The molecule has 0 unspecified atom stereocenters. The van der Waals surface area contributed by atoms with Gasteiger partial charge in [-0.25, -0.2) is 9.97 Å². The van der Waals surface area contributed by atoms with Crippen LogP contribution in [-0.4, -0.2) is 37.2 Å². The van der Waals surface area contributed by atoms with Crippen LogP contribution in [0.3, 0.4) is 0 Å².